The van der Waals surface area contributed by atoms with Gasteiger partial charge in [0.1, 0.15) is 5.75 Å². The standard InChI is InChI=1S/C13H17NO2/c1-9-4-5-11(16-2)10(8-9)12(15)13(14)6-3-7-13/h4-5,8H,3,6-7,14H2,1-2H3. The lowest BCUT2D eigenvalue weighted by Crippen LogP contribution is -2.53. The van der Waals surface area contributed by atoms with Crippen molar-refractivity contribution in [2.75, 3.05) is 7.11 Å². The highest BCUT2D eigenvalue weighted by atomic mass is 16.5. The van der Waals surface area contributed by atoms with Gasteiger partial charge in [-0.15, -0.1) is 0 Å². The lowest BCUT2D eigenvalue weighted by atomic mass is 9.72. The lowest BCUT2D eigenvalue weighted by Gasteiger charge is -2.36. The van der Waals surface area contributed by atoms with Crippen molar-refractivity contribution in [1.29, 1.82) is 0 Å². The molecule has 0 bridgehead atoms. The van der Waals surface area contributed by atoms with Crippen LogP contribution in [0.3, 0.4) is 0 Å². The first-order valence-corrected chi connectivity index (χ1v) is 5.55. The number of rotatable bonds is 3. The van der Waals surface area contributed by atoms with Crippen molar-refractivity contribution >= 4 is 5.78 Å². The average Bonchev–Trinajstić information content (AvgIpc) is 2.25. The zero-order chi connectivity index (χ0) is 11.8. The molecule has 0 amide bonds. The zero-order valence-corrected chi connectivity index (χ0v) is 9.75. The molecule has 86 valence electrons. The number of benzene rings is 1. The van der Waals surface area contributed by atoms with E-state index in [1.807, 2.05) is 25.1 Å². The van der Waals surface area contributed by atoms with E-state index in [4.69, 9.17) is 10.5 Å². The van der Waals surface area contributed by atoms with Crippen LogP contribution in [0.15, 0.2) is 18.2 Å². The van der Waals surface area contributed by atoms with Crippen LogP contribution in [0.2, 0.25) is 0 Å². The smallest absolute Gasteiger partial charge is 0.186 e. The van der Waals surface area contributed by atoms with Crippen LogP contribution < -0.4 is 10.5 Å². The molecule has 0 aromatic heterocycles. The number of methoxy groups -OCH3 is 1. The highest BCUT2D eigenvalue weighted by molar-refractivity contribution is 6.05. The molecule has 0 heterocycles. The molecule has 1 aromatic carbocycles. The fraction of sp³-hybridized carbons (Fsp3) is 0.462. The quantitative estimate of drug-likeness (QED) is 0.792. The summed E-state index contributed by atoms with van der Waals surface area (Å²) in [7, 11) is 1.57. The lowest BCUT2D eigenvalue weighted by molar-refractivity contribution is 0.0797. The number of aryl methyl sites for hydroxylation is 1. The Balaban J connectivity index is 2.38. The maximum atomic E-state index is 12.3. The number of Topliss-reactive ketones (excluding diaryl/α,β-unsaturated/α-hetero) is 1. The summed E-state index contributed by atoms with van der Waals surface area (Å²) in [6.07, 6.45) is 2.60. The van der Waals surface area contributed by atoms with Gasteiger partial charge in [0.25, 0.3) is 0 Å². The fourth-order valence-corrected chi connectivity index (χ4v) is 2.05. The third-order valence-electron chi connectivity index (χ3n) is 3.30. The number of ether oxygens (including phenoxy) is 1. The minimum atomic E-state index is -0.652. The predicted molar refractivity (Wildman–Crippen MR) is 62.8 cm³/mol. The molecular formula is C13H17NO2. The van der Waals surface area contributed by atoms with Gasteiger partial charge in [-0.1, -0.05) is 11.6 Å². The Hall–Kier alpha value is -1.35. The first-order valence-electron chi connectivity index (χ1n) is 5.55. The second kappa shape index (κ2) is 3.91. The van der Waals surface area contributed by atoms with Crippen LogP contribution in [0.25, 0.3) is 0 Å². The van der Waals surface area contributed by atoms with Crippen LogP contribution in [0.1, 0.15) is 35.2 Å². The van der Waals surface area contributed by atoms with Crippen molar-refractivity contribution in [1.82, 2.24) is 0 Å². The van der Waals surface area contributed by atoms with Crippen LogP contribution in [-0.2, 0) is 0 Å². The summed E-state index contributed by atoms with van der Waals surface area (Å²) in [5.74, 6) is 0.631. The molecule has 16 heavy (non-hydrogen) atoms. The van der Waals surface area contributed by atoms with E-state index in [2.05, 4.69) is 0 Å². The van der Waals surface area contributed by atoms with Crippen LogP contribution >= 0.6 is 0 Å². The molecule has 2 rings (SSSR count). The molecule has 1 aliphatic carbocycles. The topological polar surface area (TPSA) is 52.3 Å². The van der Waals surface area contributed by atoms with Gasteiger partial charge in [-0.05, 0) is 38.3 Å². The number of carbonyl (C=O) groups is 1. The summed E-state index contributed by atoms with van der Waals surface area (Å²) in [4.78, 5) is 12.3. The van der Waals surface area contributed by atoms with Crippen LogP contribution in [0.4, 0.5) is 0 Å². The van der Waals surface area contributed by atoms with Crippen LogP contribution in [0.5, 0.6) is 5.75 Å². The second-order valence-corrected chi connectivity index (χ2v) is 4.54. The van der Waals surface area contributed by atoms with E-state index in [0.29, 0.717) is 11.3 Å². The van der Waals surface area contributed by atoms with Crippen LogP contribution in [-0.4, -0.2) is 18.4 Å². The molecule has 3 nitrogen and oxygen atoms in total. The maximum Gasteiger partial charge on any atom is 0.186 e. The number of carbonyl (C=O) groups excluding carboxylic acids is 1. The number of ketones is 1. The number of hydrogen-bond acceptors (Lipinski definition) is 3. The van der Waals surface area contributed by atoms with Gasteiger partial charge < -0.3 is 10.5 Å². The maximum absolute atomic E-state index is 12.3. The Morgan fingerprint density at radius 2 is 2.12 bits per heavy atom. The molecule has 1 saturated carbocycles. The largest absolute Gasteiger partial charge is 0.496 e. The van der Waals surface area contributed by atoms with Crippen molar-refractivity contribution in [3.05, 3.63) is 29.3 Å². The Morgan fingerprint density at radius 1 is 1.44 bits per heavy atom. The molecule has 0 unspecified atom stereocenters. The van der Waals surface area contributed by atoms with E-state index >= 15 is 0 Å². The molecule has 1 fully saturated rings. The molecule has 2 N–H and O–H groups in total. The van der Waals surface area contributed by atoms with E-state index in [1.54, 1.807) is 7.11 Å². The summed E-state index contributed by atoms with van der Waals surface area (Å²) >= 11 is 0. The normalized spacial score (nSPS) is 17.7. The highest BCUT2D eigenvalue weighted by Crippen LogP contribution is 2.35. The number of nitrogens with two attached hydrogens (primary N) is 1. The van der Waals surface area contributed by atoms with Gasteiger partial charge in [0.15, 0.2) is 5.78 Å². The molecule has 0 saturated heterocycles. The Kier molecular flexibility index (Phi) is 2.72. The summed E-state index contributed by atoms with van der Waals surface area (Å²) in [6.45, 7) is 1.96. The predicted octanol–water partition coefficient (Wildman–Crippen LogP) is 2.07. The van der Waals surface area contributed by atoms with Crippen molar-refractivity contribution < 1.29 is 9.53 Å². The van der Waals surface area contributed by atoms with Crippen LogP contribution in [0, 0.1) is 6.92 Å². The Bertz CT molecular complexity index is 422. The minimum Gasteiger partial charge on any atom is -0.496 e. The second-order valence-electron chi connectivity index (χ2n) is 4.54. The van der Waals surface area contributed by atoms with Gasteiger partial charge >= 0.3 is 0 Å². The molecular weight excluding hydrogens is 202 g/mol. The molecule has 1 aromatic rings. The molecule has 0 spiro atoms. The molecule has 0 radical (unpaired) electrons. The summed E-state index contributed by atoms with van der Waals surface area (Å²) in [5, 5.41) is 0. The minimum absolute atomic E-state index is 0.0132. The van der Waals surface area contributed by atoms with E-state index in [-0.39, 0.29) is 5.78 Å². The number of hydrogen-bond donors (Lipinski definition) is 1. The molecule has 0 aliphatic heterocycles. The third kappa shape index (κ3) is 1.71. The monoisotopic (exact) mass is 219 g/mol. The van der Waals surface area contributed by atoms with Gasteiger partial charge in [0.2, 0.25) is 0 Å². The van der Waals surface area contributed by atoms with Gasteiger partial charge in [0, 0.05) is 0 Å². The van der Waals surface area contributed by atoms with E-state index < -0.39 is 5.54 Å². The Labute approximate surface area is 95.6 Å². The highest BCUT2D eigenvalue weighted by Gasteiger charge is 2.41. The van der Waals surface area contributed by atoms with Gasteiger partial charge in [0.05, 0.1) is 18.2 Å². The Morgan fingerprint density at radius 3 is 2.62 bits per heavy atom. The molecule has 0 atom stereocenters. The van der Waals surface area contributed by atoms with Gasteiger partial charge in [-0.25, -0.2) is 0 Å². The van der Waals surface area contributed by atoms with E-state index in [0.717, 1.165) is 24.8 Å². The summed E-state index contributed by atoms with van der Waals surface area (Å²) in [5.41, 5.74) is 7.06. The van der Waals surface area contributed by atoms with Crippen molar-refractivity contribution in [2.24, 2.45) is 5.73 Å². The van der Waals surface area contributed by atoms with Crippen molar-refractivity contribution in [3.63, 3.8) is 0 Å². The molecule has 1 aliphatic rings. The third-order valence-corrected chi connectivity index (χ3v) is 3.30. The molecule has 3 heteroatoms. The van der Waals surface area contributed by atoms with Gasteiger partial charge in [-0.3, -0.25) is 4.79 Å². The zero-order valence-electron chi connectivity index (χ0n) is 9.75. The van der Waals surface area contributed by atoms with Crippen molar-refractivity contribution in [2.45, 2.75) is 31.7 Å². The van der Waals surface area contributed by atoms with E-state index in [9.17, 15) is 4.79 Å². The first kappa shape index (κ1) is 11.1. The van der Waals surface area contributed by atoms with Gasteiger partial charge in [-0.2, -0.15) is 0 Å². The fourth-order valence-electron chi connectivity index (χ4n) is 2.05. The summed E-state index contributed by atoms with van der Waals surface area (Å²) < 4.78 is 5.21. The van der Waals surface area contributed by atoms with E-state index in [1.165, 1.54) is 0 Å². The SMILES string of the molecule is COc1ccc(C)cc1C(=O)C1(N)CCC1. The summed E-state index contributed by atoms with van der Waals surface area (Å²) in [6, 6.07) is 5.61. The van der Waals surface area contributed by atoms with Crippen molar-refractivity contribution in [3.8, 4) is 5.75 Å². The average molecular weight is 219 g/mol. The first-order chi connectivity index (χ1) is 7.57.